The first kappa shape index (κ1) is 15.2. The maximum absolute atomic E-state index is 14.1. The van der Waals surface area contributed by atoms with Crippen molar-refractivity contribution in [2.75, 3.05) is 6.54 Å². The fourth-order valence-corrected chi connectivity index (χ4v) is 2.89. The number of benzene rings is 1. The Morgan fingerprint density at radius 3 is 2.85 bits per heavy atom. The maximum Gasteiger partial charge on any atom is 0.128 e. The van der Waals surface area contributed by atoms with Gasteiger partial charge in [0.25, 0.3) is 0 Å². The molecule has 1 nitrogen and oxygen atoms in total. The van der Waals surface area contributed by atoms with E-state index in [0.717, 1.165) is 30.5 Å². The molecule has 0 fully saturated rings. The van der Waals surface area contributed by atoms with E-state index in [9.17, 15) is 4.39 Å². The van der Waals surface area contributed by atoms with Crippen LogP contribution in [-0.2, 0) is 0 Å². The van der Waals surface area contributed by atoms with Crippen molar-refractivity contribution in [2.45, 2.75) is 58.4 Å². The SMILES string of the molecule is CCCNC(CC1=CCCCC1)c1cc(C)ccc1F. The molecule has 1 N–H and O–H groups in total. The molecule has 1 aliphatic rings. The zero-order valence-corrected chi connectivity index (χ0v) is 12.7. The van der Waals surface area contributed by atoms with Gasteiger partial charge in [0.15, 0.2) is 0 Å². The van der Waals surface area contributed by atoms with Gasteiger partial charge < -0.3 is 5.32 Å². The van der Waals surface area contributed by atoms with Crippen molar-refractivity contribution >= 4 is 0 Å². The molecule has 0 heterocycles. The van der Waals surface area contributed by atoms with E-state index < -0.39 is 0 Å². The second-order valence-electron chi connectivity index (χ2n) is 5.84. The average molecular weight is 275 g/mol. The molecule has 0 aromatic heterocycles. The van der Waals surface area contributed by atoms with Gasteiger partial charge in [-0.1, -0.05) is 36.3 Å². The Morgan fingerprint density at radius 1 is 1.30 bits per heavy atom. The molecular formula is C18H26FN. The molecule has 110 valence electrons. The van der Waals surface area contributed by atoms with Gasteiger partial charge in [0.2, 0.25) is 0 Å². The molecule has 0 amide bonds. The highest BCUT2D eigenvalue weighted by Crippen LogP contribution is 2.29. The van der Waals surface area contributed by atoms with E-state index in [0.29, 0.717) is 0 Å². The highest BCUT2D eigenvalue weighted by molar-refractivity contribution is 5.28. The number of nitrogens with one attached hydrogen (secondary N) is 1. The van der Waals surface area contributed by atoms with Crippen molar-refractivity contribution in [1.29, 1.82) is 0 Å². The smallest absolute Gasteiger partial charge is 0.128 e. The molecule has 0 saturated carbocycles. The van der Waals surface area contributed by atoms with Crippen LogP contribution >= 0.6 is 0 Å². The van der Waals surface area contributed by atoms with Crippen molar-refractivity contribution in [2.24, 2.45) is 0 Å². The predicted molar refractivity (Wildman–Crippen MR) is 83.3 cm³/mol. The van der Waals surface area contributed by atoms with Crippen LogP contribution in [0.5, 0.6) is 0 Å². The molecule has 1 aromatic carbocycles. The molecule has 0 saturated heterocycles. The van der Waals surface area contributed by atoms with Crippen molar-refractivity contribution in [3.63, 3.8) is 0 Å². The minimum Gasteiger partial charge on any atom is -0.310 e. The van der Waals surface area contributed by atoms with Crippen molar-refractivity contribution in [3.8, 4) is 0 Å². The number of hydrogen-bond donors (Lipinski definition) is 1. The lowest BCUT2D eigenvalue weighted by Crippen LogP contribution is -2.24. The van der Waals surface area contributed by atoms with Gasteiger partial charge >= 0.3 is 0 Å². The Bertz CT molecular complexity index is 464. The van der Waals surface area contributed by atoms with Crippen molar-refractivity contribution in [1.82, 2.24) is 5.32 Å². The van der Waals surface area contributed by atoms with Gasteiger partial charge in [-0.2, -0.15) is 0 Å². The summed E-state index contributed by atoms with van der Waals surface area (Å²) in [6.45, 7) is 5.11. The number of rotatable bonds is 6. The first-order valence-electron chi connectivity index (χ1n) is 7.88. The minimum atomic E-state index is -0.0828. The van der Waals surface area contributed by atoms with E-state index in [4.69, 9.17) is 0 Å². The number of aryl methyl sites for hydroxylation is 1. The van der Waals surface area contributed by atoms with Crippen LogP contribution in [0.1, 0.15) is 62.6 Å². The Balaban J connectivity index is 2.17. The second-order valence-corrected chi connectivity index (χ2v) is 5.84. The van der Waals surface area contributed by atoms with Gasteiger partial charge in [-0.05, 0) is 58.1 Å². The number of allylic oxidation sites excluding steroid dienone is 1. The van der Waals surface area contributed by atoms with E-state index in [1.54, 1.807) is 6.07 Å². The Hall–Kier alpha value is -1.15. The van der Waals surface area contributed by atoms with Gasteiger partial charge in [0.05, 0.1) is 0 Å². The summed E-state index contributed by atoms with van der Waals surface area (Å²) in [6.07, 6.45) is 9.32. The van der Waals surface area contributed by atoms with Crippen molar-refractivity contribution in [3.05, 3.63) is 46.8 Å². The van der Waals surface area contributed by atoms with Gasteiger partial charge in [-0.25, -0.2) is 4.39 Å². The first-order valence-corrected chi connectivity index (χ1v) is 7.88. The monoisotopic (exact) mass is 275 g/mol. The Kier molecular flexibility index (Phi) is 5.78. The highest BCUT2D eigenvalue weighted by Gasteiger charge is 2.17. The van der Waals surface area contributed by atoms with Crippen LogP contribution in [0.15, 0.2) is 29.8 Å². The summed E-state index contributed by atoms with van der Waals surface area (Å²) < 4.78 is 14.1. The number of halogens is 1. The molecule has 2 rings (SSSR count). The largest absolute Gasteiger partial charge is 0.310 e. The van der Waals surface area contributed by atoms with Crippen molar-refractivity contribution < 1.29 is 4.39 Å². The summed E-state index contributed by atoms with van der Waals surface area (Å²) in [6, 6.07) is 5.54. The molecule has 0 radical (unpaired) electrons. The Labute approximate surface area is 122 Å². The summed E-state index contributed by atoms with van der Waals surface area (Å²) in [5.74, 6) is -0.0828. The maximum atomic E-state index is 14.1. The third-order valence-corrected chi connectivity index (χ3v) is 4.02. The van der Waals surface area contributed by atoms with Gasteiger partial charge in [-0.3, -0.25) is 0 Å². The van der Waals surface area contributed by atoms with Crippen LogP contribution in [0.25, 0.3) is 0 Å². The van der Waals surface area contributed by atoms with Gasteiger partial charge in [0, 0.05) is 11.6 Å². The first-order chi connectivity index (χ1) is 9.70. The molecule has 1 aliphatic carbocycles. The van der Waals surface area contributed by atoms with Crippen LogP contribution in [0, 0.1) is 12.7 Å². The quantitative estimate of drug-likeness (QED) is 0.715. The summed E-state index contributed by atoms with van der Waals surface area (Å²) in [4.78, 5) is 0. The van der Waals surface area contributed by atoms with E-state index >= 15 is 0 Å². The minimum absolute atomic E-state index is 0.0828. The second kappa shape index (κ2) is 7.58. The standard InChI is InChI=1S/C18H26FN/c1-3-11-20-18(13-15-7-5-4-6-8-15)16-12-14(2)9-10-17(16)19/h7,9-10,12,18,20H,3-6,8,11,13H2,1-2H3. The summed E-state index contributed by atoms with van der Waals surface area (Å²) >= 11 is 0. The third kappa shape index (κ3) is 4.17. The highest BCUT2D eigenvalue weighted by atomic mass is 19.1. The average Bonchev–Trinajstić information content (AvgIpc) is 2.47. The van der Waals surface area contributed by atoms with Crippen LogP contribution in [0.2, 0.25) is 0 Å². The van der Waals surface area contributed by atoms with E-state index in [1.807, 2.05) is 19.1 Å². The molecular weight excluding hydrogens is 249 g/mol. The molecule has 2 heteroatoms. The zero-order chi connectivity index (χ0) is 14.4. The molecule has 0 aliphatic heterocycles. The summed E-state index contributed by atoms with van der Waals surface area (Å²) in [7, 11) is 0. The fraction of sp³-hybridized carbons (Fsp3) is 0.556. The lowest BCUT2D eigenvalue weighted by atomic mass is 9.91. The van der Waals surface area contributed by atoms with Gasteiger partial charge in [-0.15, -0.1) is 0 Å². The Morgan fingerprint density at radius 2 is 2.15 bits per heavy atom. The van der Waals surface area contributed by atoms with Gasteiger partial charge in [0.1, 0.15) is 5.82 Å². The van der Waals surface area contributed by atoms with E-state index in [2.05, 4.69) is 18.3 Å². The number of hydrogen-bond acceptors (Lipinski definition) is 1. The lowest BCUT2D eigenvalue weighted by Gasteiger charge is -2.23. The molecule has 20 heavy (non-hydrogen) atoms. The normalized spacial score (nSPS) is 16.9. The molecule has 1 atom stereocenters. The molecule has 0 bridgehead atoms. The topological polar surface area (TPSA) is 12.0 Å². The zero-order valence-electron chi connectivity index (χ0n) is 12.7. The van der Waals surface area contributed by atoms with E-state index in [1.165, 1.54) is 31.3 Å². The molecule has 0 spiro atoms. The third-order valence-electron chi connectivity index (χ3n) is 4.02. The van der Waals surface area contributed by atoms with Crippen LogP contribution in [0.4, 0.5) is 4.39 Å². The summed E-state index contributed by atoms with van der Waals surface area (Å²) in [5.41, 5.74) is 3.44. The van der Waals surface area contributed by atoms with Crippen LogP contribution in [0.3, 0.4) is 0 Å². The molecule has 1 unspecified atom stereocenters. The summed E-state index contributed by atoms with van der Waals surface area (Å²) in [5, 5.41) is 3.52. The van der Waals surface area contributed by atoms with E-state index in [-0.39, 0.29) is 11.9 Å². The molecule has 1 aromatic rings. The predicted octanol–water partition coefficient (Wildman–Crippen LogP) is 5.07. The van der Waals surface area contributed by atoms with Crippen LogP contribution in [-0.4, -0.2) is 6.54 Å². The fourth-order valence-electron chi connectivity index (χ4n) is 2.89. The lowest BCUT2D eigenvalue weighted by molar-refractivity contribution is 0.485. The van der Waals surface area contributed by atoms with Crippen LogP contribution < -0.4 is 5.32 Å².